The number of nitro groups is 4. The van der Waals surface area contributed by atoms with E-state index in [-0.39, 0.29) is 87.3 Å². The van der Waals surface area contributed by atoms with Crippen molar-refractivity contribution in [3.8, 4) is 11.5 Å². The Kier molecular flexibility index (Phi) is 21.4. The molecule has 490 valence electrons. The molecule has 9 atom stereocenters. The molecule has 0 saturated heterocycles. The molecule has 0 heterocycles. The molecule has 4 aliphatic rings. The fourth-order valence-corrected chi connectivity index (χ4v) is 16.8. The molecule has 18 nitrogen and oxygen atoms in total. The topological polar surface area (TPSA) is 244 Å². The summed E-state index contributed by atoms with van der Waals surface area (Å²) in [7, 11) is 0. The highest BCUT2D eigenvalue weighted by Crippen LogP contribution is 2.69. The van der Waals surface area contributed by atoms with E-state index in [0.717, 1.165) is 54.8 Å². The zero-order valence-corrected chi connectivity index (χ0v) is 54.7. The molecule has 4 aliphatic carbocycles. The van der Waals surface area contributed by atoms with Gasteiger partial charge in [0, 0.05) is 48.5 Å². The number of hydrogen-bond donors (Lipinski definition) is 0. The molecule has 10 rings (SSSR count). The second kappa shape index (κ2) is 29.4. The summed E-state index contributed by atoms with van der Waals surface area (Å²) < 4.78 is 24.4. The Hall–Kier alpha value is -8.22. The Morgan fingerprint density at radius 3 is 1.42 bits per heavy atom. The number of esters is 2. The second-order valence-electron chi connectivity index (χ2n) is 27.1. The van der Waals surface area contributed by atoms with Crippen LogP contribution in [0.1, 0.15) is 179 Å². The lowest BCUT2D eigenvalue weighted by Gasteiger charge is -2.61. The lowest BCUT2D eigenvalue weighted by molar-refractivity contribution is -0.385. The number of ether oxygens (including phenoxy) is 4. The number of nitro benzene ring substituents is 4. The van der Waals surface area contributed by atoms with Crippen LogP contribution in [0.15, 0.2) is 127 Å². The first-order valence-electron chi connectivity index (χ1n) is 32.4. The molecule has 0 aromatic heterocycles. The molecule has 0 bridgehead atoms. The van der Waals surface area contributed by atoms with Gasteiger partial charge in [-0.1, -0.05) is 83.2 Å². The lowest BCUT2D eigenvalue weighted by Crippen LogP contribution is -2.53. The first-order chi connectivity index (χ1) is 44.5. The van der Waals surface area contributed by atoms with E-state index in [9.17, 15) is 50.0 Å². The van der Waals surface area contributed by atoms with E-state index < -0.39 is 31.6 Å². The number of hydrogen-bond acceptors (Lipinski definition) is 14. The van der Waals surface area contributed by atoms with Gasteiger partial charge in [-0.2, -0.15) is 0 Å². The van der Waals surface area contributed by atoms with E-state index >= 15 is 0 Å². The normalized spacial score (nSPS) is 22.5. The van der Waals surface area contributed by atoms with Gasteiger partial charge in [0.05, 0.1) is 29.7 Å². The summed E-state index contributed by atoms with van der Waals surface area (Å²) in [6.45, 7) is 11.6. The van der Waals surface area contributed by atoms with Gasteiger partial charge in [-0.15, -0.1) is 0 Å². The number of halogens is 2. The predicted molar refractivity (Wildman–Crippen MR) is 355 cm³/mol. The van der Waals surface area contributed by atoms with Gasteiger partial charge in [-0.05, 0) is 241 Å². The Balaban J connectivity index is 0.983. The summed E-state index contributed by atoms with van der Waals surface area (Å²) in [6, 6.07) is 28.9. The quantitative estimate of drug-likeness (QED) is 0.0279. The van der Waals surface area contributed by atoms with Crippen molar-refractivity contribution in [2.75, 3.05) is 0 Å². The Bertz CT molecular complexity index is 3580. The zero-order chi connectivity index (χ0) is 66.3. The first kappa shape index (κ1) is 67.7. The smallest absolute Gasteiger partial charge is 0.342 e. The van der Waals surface area contributed by atoms with Crippen LogP contribution in [-0.2, 0) is 35.9 Å². The van der Waals surface area contributed by atoms with Crippen LogP contribution in [0.5, 0.6) is 11.5 Å². The summed E-state index contributed by atoms with van der Waals surface area (Å²) in [5.74, 6) is 3.76. The molecule has 2 unspecified atom stereocenters. The highest BCUT2D eigenvalue weighted by Gasteiger charge is 2.60. The summed E-state index contributed by atoms with van der Waals surface area (Å²) in [6.07, 6.45) is 18.7. The summed E-state index contributed by atoms with van der Waals surface area (Å²) >= 11 is 14.5. The van der Waals surface area contributed by atoms with Gasteiger partial charge in [0.25, 0.3) is 22.7 Å². The summed E-state index contributed by atoms with van der Waals surface area (Å²) in [5.41, 5.74) is 3.25. The molecule has 0 radical (unpaired) electrons. The SMILES string of the molecule is CC(C)CCC[C@@H](C)[C@H]1CC[C@H]2[C@@H]3CCC4CC(CCC=C(c5cc(Cl)c(OCc6ccc([N+](=O)[O-])cc6)c(C(=O)OCc6ccc([N+](=O)[O-])cc6)c5)c5cc(Cl)c(OCc6ccc([N+](=O)[O-])cc6)c(C(=O)OCc6ccc([N+](=O)[O-])cc6)c5)CC[C@]4(C)[C@H]3CC[C@]12C. The van der Waals surface area contributed by atoms with Crippen molar-refractivity contribution < 1.29 is 48.2 Å². The van der Waals surface area contributed by atoms with Crippen molar-refractivity contribution >= 4 is 63.5 Å². The molecule has 0 amide bonds. The van der Waals surface area contributed by atoms with Gasteiger partial charge in [0.15, 0.2) is 11.5 Å². The second-order valence-corrected chi connectivity index (χ2v) is 27.9. The zero-order valence-electron chi connectivity index (χ0n) is 53.2. The number of fused-ring (bicyclic) bond motifs is 5. The molecule has 93 heavy (non-hydrogen) atoms. The third-order valence-corrected chi connectivity index (χ3v) is 21.7. The number of benzene rings is 6. The van der Waals surface area contributed by atoms with E-state index in [4.69, 9.17) is 42.1 Å². The van der Waals surface area contributed by atoms with Crippen LogP contribution in [-0.4, -0.2) is 31.6 Å². The van der Waals surface area contributed by atoms with Crippen molar-refractivity contribution in [3.05, 3.63) is 222 Å². The van der Waals surface area contributed by atoms with Crippen molar-refractivity contribution in [3.63, 3.8) is 0 Å². The minimum absolute atomic E-state index is 0.00560. The average molecular weight is 1310 g/mol. The molecule has 0 N–H and O–H groups in total. The molecule has 4 fully saturated rings. The minimum atomic E-state index is -0.860. The van der Waals surface area contributed by atoms with Gasteiger partial charge in [0.2, 0.25) is 0 Å². The van der Waals surface area contributed by atoms with Gasteiger partial charge in [-0.3, -0.25) is 40.5 Å². The van der Waals surface area contributed by atoms with Crippen molar-refractivity contribution in [2.45, 2.75) is 151 Å². The van der Waals surface area contributed by atoms with E-state index in [1.807, 2.05) is 0 Å². The van der Waals surface area contributed by atoms with Gasteiger partial charge in [-0.25, -0.2) is 9.59 Å². The number of rotatable bonds is 26. The van der Waals surface area contributed by atoms with Gasteiger partial charge >= 0.3 is 11.9 Å². The van der Waals surface area contributed by atoms with Crippen LogP contribution in [0.3, 0.4) is 0 Å². The maximum absolute atomic E-state index is 14.6. The van der Waals surface area contributed by atoms with E-state index in [2.05, 4.69) is 40.7 Å². The van der Waals surface area contributed by atoms with E-state index in [1.54, 1.807) is 24.3 Å². The number of allylic oxidation sites excluding steroid dienone is 1. The number of carbonyl (C=O) groups excluding carboxylic acids is 2. The molecular formula is C73H80Cl2N4O14. The number of nitrogens with zero attached hydrogens (tertiary/aromatic N) is 4. The van der Waals surface area contributed by atoms with Crippen LogP contribution >= 0.6 is 23.2 Å². The largest absolute Gasteiger partial charge is 0.486 e. The van der Waals surface area contributed by atoms with Gasteiger partial charge < -0.3 is 18.9 Å². The predicted octanol–water partition coefficient (Wildman–Crippen LogP) is 19.4. The maximum atomic E-state index is 14.6. The molecule has 6 aromatic carbocycles. The Morgan fingerprint density at radius 2 is 0.978 bits per heavy atom. The third-order valence-electron chi connectivity index (χ3n) is 21.1. The molecular weight excluding hydrogens is 1230 g/mol. The fraction of sp³-hybridized carbons (Fsp3) is 0.452. The lowest BCUT2D eigenvalue weighted by atomic mass is 9.44. The van der Waals surface area contributed by atoms with Gasteiger partial charge in [0.1, 0.15) is 37.6 Å². The monoisotopic (exact) mass is 1310 g/mol. The number of carbonyl (C=O) groups is 2. The Labute approximate surface area is 552 Å². The maximum Gasteiger partial charge on any atom is 0.342 e. The fourth-order valence-electron chi connectivity index (χ4n) is 16.2. The Morgan fingerprint density at radius 1 is 0.548 bits per heavy atom. The van der Waals surface area contributed by atoms with Crippen LogP contribution in [0.25, 0.3) is 5.57 Å². The third kappa shape index (κ3) is 15.6. The van der Waals surface area contributed by atoms with Crippen molar-refractivity contribution in [1.82, 2.24) is 0 Å². The first-order valence-corrected chi connectivity index (χ1v) is 33.2. The minimum Gasteiger partial charge on any atom is -0.486 e. The van der Waals surface area contributed by atoms with E-state index in [0.29, 0.717) is 62.6 Å². The molecule has 0 spiro atoms. The van der Waals surface area contributed by atoms with Crippen molar-refractivity contribution in [2.24, 2.45) is 58.2 Å². The molecule has 20 heteroatoms. The average Bonchev–Trinajstić information content (AvgIpc) is 1.69. The molecule has 4 saturated carbocycles. The summed E-state index contributed by atoms with van der Waals surface area (Å²) in [4.78, 5) is 73.1. The van der Waals surface area contributed by atoms with Crippen molar-refractivity contribution in [1.29, 1.82) is 0 Å². The van der Waals surface area contributed by atoms with Crippen LogP contribution in [0, 0.1) is 98.6 Å². The highest BCUT2D eigenvalue weighted by molar-refractivity contribution is 6.33. The number of non-ortho nitro benzene ring substituents is 4. The molecule has 6 aromatic rings. The highest BCUT2D eigenvalue weighted by atomic mass is 35.5. The van der Waals surface area contributed by atoms with Crippen LogP contribution < -0.4 is 9.47 Å². The van der Waals surface area contributed by atoms with E-state index in [1.165, 1.54) is 161 Å². The summed E-state index contributed by atoms with van der Waals surface area (Å²) in [5, 5.41) is 45.9. The molecule has 0 aliphatic heterocycles. The van der Waals surface area contributed by atoms with Crippen LogP contribution in [0.2, 0.25) is 10.0 Å². The van der Waals surface area contributed by atoms with Crippen LogP contribution in [0.4, 0.5) is 22.7 Å². The standard InChI is InChI=1S/C73H80Cl2N4O14/c1-45(2)8-6-9-46(3)63-30-31-64-60-29-20-54-36-47(32-34-72(54,4)65(60)33-35-73(63,64)5)10-7-11-59(52-37-61(70(80)92-43-50-16-25-57(26-17-50)78(86)87)68(66(74)39-52)90-41-48-12-21-55(22-13-48)76(82)83)53-38-62(71(81)93-44-51-18-27-58(28-19-51)79(88)89)69(67(75)40-53)91-42-49-14-23-56(24-15-49)77(84)85/h11-19,21-28,37-40,45-47,54,60,63-65H,6-10,20,29-36,41-44H2,1-5H3/t46-,47?,54?,60+,63-,64+,65+,72+,73-/m1/s1.